The fourth-order valence-electron chi connectivity index (χ4n) is 4.88. The van der Waals surface area contributed by atoms with Crippen LogP contribution in [0.5, 0.6) is 5.88 Å². The van der Waals surface area contributed by atoms with Gasteiger partial charge >= 0.3 is 0 Å². The second-order valence-electron chi connectivity index (χ2n) is 9.45. The summed E-state index contributed by atoms with van der Waals surface area (Å²) in [6, 6.07) is 4.70. The van der Waals surface area contributed by atoms with E-state index in [1.165, 1.54) is 42.6 Å². The van der Waals surface area contributed by atoms with Crippen molar-refractivity contribution in [3.05, 3.63) is 54.1 Å². The standard InChI is InChI=1S/C25H26F2N6O2S/c1-36-18-4-5-20(19(26)6-18)32-23-21(27)24(31-13-30-23)35-22-16-9-33(10-17(22)12-34-11-16)25-28-7-15(8-29-25)14-2-3-14/h4-8,13-14,16-17,22H,2-3,9-12H2,1H3,(H,30,31,32). The summed E-state index contributed by atoms with van der Waals surface area (Å²) in [6.07, 6.45) is 9.07. The third-order valence-electron chi connectivity index (χ3n) is 6.93. The Morgan fingerprint density at radius 2 is 1.81 bits per heavy atom. The smallest absolute Gasteiger partial charge is 0.256 e. The molecule has 2 saturated heterocycles. The maximum atomic E-state index is 15.3. The monoisotopic (exact) mass is 512 g/mol. The van der Waals surface area contributed by atoms with Crippen LogP contribution in [0.3, 0.4) is 0 Å². The minimum absolute atomic E-state index is 0.00786. The normalized spacial score (nSPS) is 23.4. The predicted octanol–water partition coefficient (Wildman–Crippen LogP) is 4.42. The van der Waals surface area contributed by atoms with Crippen molar-refractivity contribution in [2.24, 2.45) is 11.8 Å². The molecule has 0 amide bonds. The number of aromatic nitrogens is 4. The molecule has 3 fully saturated rings. The lowest BCUT2D eigenvalue weighted by atomic mass is 9.84. The lowest BCUT2D eigenvalue weighted by Crippen LogP contribution is -2.58. The third-order valence-corrected chi connectivity index (χ3v) is 7.65. The molecule has 3 aliphatic rings. The number of benzene rings is 1. The van der Waals surface area contributed by atoms with Gasteiger partial charge in [0, 0.05) is 42.2 Å². The molecule has 2 aliphatic heterocycles. The highest BCUT2D eigenvalue weighted by atomic mass is 32.2. The number of fused-ring (bicyclic) bond motifs is 2. The van der Waals surface area contributed by atoms with Crippen molar-refractivity contribution in [3.63, 3.8) is 0 Å². The zero-order valence-electron chi connectivity index (χ0n) is 19.7. The maximum Gasteiger partial charge on any atom is 0.256 e. The van der Waals surface area contributed by atoms with Gasteiger partial charge in [0.05, 0.1) is 18.9 Å². The average molecular weight is 513 g/mol. The van der Waals surface area contributed by atoms with Gasteiger partial charge in [0.1, 0.15) is 18.2 Å². The molecule has 36 heavy (non-hydrogen) atoms. The van der Waals surface area contributed by atoms with Crippen molar-refractivity contribution in [3.8, 4) is 5.88 Å². The van der Waals surface area contributed by atoms with Crippen LogP contribution in [0.4, 0.5) is 26.2 Å². The van der Waals surface area contributed by atoms with Gasteiger partial charge in [0.2, 0.25) is 11.8 Å². The Kier molecular flexibility index (Phi) is 6.34. The zero-order chi connectivity index (χ0) is 24.6. The Balaban J connectivity index is 1.17. The molecule has 2 unspecified atom stereocenters. The summed E-state index contributed by atoms with van der Waals surface area (Å²) in [7, 11) is 0. The molecule has 11 heteroatoms. The molecule has 0 spiro atoms. The molecular weight excluding hydrogens is 486 g/mol. The van der Waals surface area contributed by atoms with Crippen molar-refractivity contribution in [1.29, 1.82) is 0 Å². The minimum atomic E-state index is -0.758. The largest absolute Gasteiger partial charge is 0.471 e. The molecular formula is C25H26F2N6O2S. The average Bonchev–Trinajstić information content (AvgIpc) is 3.73. The first kappa shape index (κ1) is 23.4. The van der Waals surface area contributed by atoms with E-state index in [9.17, 15) is 4.39 Å². The summed E-state index contributed by atoms with van der Waals surface area (Å²) in [4.78, 5) is 20.1. The second kappa shape index (κ2) is 9.78. The summed E-state index contributed by atoms with van der Waals surface area (Å²) >= 11 is 1.42. The van der Waals surface area contributed by atoms with E-state index in [-0.39, 0.29) is 35.3 Å². The van der Waals surface area contributed by atoms with Crippen LogP contribution in [0.2, 0.25) is 0 Å². The van der Waals surface area contributed by atoms with Gasteiger partial charge < -0.3 is 19.7 Å². The molecule has 1 saturated carbocycles. The van der Waals surface area contributed by atoms with Crippen molar-refractivity contribution in [1.82, 2.24) is 19.9 Å². The number of hydrogen-bond donors (Lipinski definition) is 1. The van der Waals surface area contributed by atoms with Crippen LogP contribution in [-0.2, 0) is 4.74 Å². The number of nitrogens with one attached hydrogen (secondary N) is 1. The van der Waals surface area contributed by atoms with E-state index in [1.54, 1.807) is 12.1 Å². The van der Waals surface area contributed by atoms with Crippen LogP contribution in [-0.4, -0.2) is 58.6 Å². The molecule has 1 aliphatic carbocycles. The molecule has 3 aromatic rings. The lowest BCUT2D eigenvalue weighted by molar-refractivity contribution is -0.0780. The van der Waals surface area contributed by atoms with Crippen molar-refractivity contribution in [2.75, 3.05) is 42.8 Å². The molecule has 4 heterocycles. The van der Waals surface area contributed by atoms with E-state index in [4.69, 9.17) is 9.47 Å². The second-order valence-corrected chi connectivity index (χ2v) is 10.3. The van der Waals surface area contributed by atoms with Gasteiger partial charge in [-0.3, -0.25) is 0 Å². The topological polar surface area (TPSA) is 85.3 Å². The molecule has 8 nitrogen and oxygen atoms in total. The van der Waals surface area contributed by atoms with Gasteiger partial charge in [-0.15, -0.1) is 11.8 Å². The number of thioether (sulfide) groups is 1. The zero-order valence-corrected chi connectivity index (χ0v) is 20.5. The highest BCUT2D eigenvalue weighted by Gasteiger charge is 2.43. The number of anilines is 3. The number of rotatable bonds is 7. The van der Waals surface area contributed by atoms with Crippen LogP contribution < -0.4 is 15.0 Å². The SMILES string of the molecule is CSc1ccc(Nc2ncnc(OC3C4COCC3CN(c3ncc(C5CC5)cn3)C4)c2F)c(F)c1. The number of hydrogen-bond acceptors (Lipinski definition) is 9. The first-order chi connectivity index (χ1) is 17.6. The molecule has 2 bridgehead atoms. The predicted molar refractivity (Wildman–Crippen MR) is 132 cm³/mol. The maximum absolute atomic E-state index is 15.3. The van der Waals surface area contributed by atoms with Crippen molar-refractivity contribution in [2.45, 2.75) is 29.8 Å². The quantitative estimate of drug-likeness (QED) is 0.463. The van der Waals surface area contributed by atoms with E-state index in [1.807, 2.05) is 18.6 Å². The molecule has 2 aromatic heterocycles. The Morgan fingerprint density at radius 3 is 2.47 bits per heavy atom. The summed E-state index contributed by atoms with van der Waals surface area (Å²) in [6.45, 7) is 2.24. The molecule has 2 atom stereocenters. The molecule has 0 radical (unpaired) electrons. The molecule has 1 N–H and O–H groups in total. The van der Waals surface area contributed by atoms with Gasteiger partial charge in [-0.2, -0.15) is 9.37 Å². The first-order valence-electron chi connectivity index (χ1n) is 12.0. The Hall–Kier alpha value is -3.05. The van der Waals surface area contributed by atoms with Gasteiger partial charge in [-0.05, 0) is 48.8 Å². The van der Waals surface area contributed by atoms with Crippen LogP contribution in [0.25, 0.3) is 0 Å². The molecule has 6 rings (SSSR count). The van der Waals surface area contributed by atoms with E-state index in [0.717, 1.165) is 4.90 Å². The van der Waals surface area contributed by atoms with E-state index in [2.05, 4.69) is 30.2 Å². The number of halogens is 2. The van der Waals surface area contributed by atoms with Gasteiger partial charge in [0.15, 0.2) is 5.82 Å². The summed E-state index contributed by atoms with van der Waals surface area (Å²) in [5.74, 6) is -0.255. The first-order valence-corrected chi connectivity index (χ1v) is 13.2. The Labute approximate surface area is 211 Å². The van der Waals surface area contributed by atoms with E-state index in [0.29, 0.717) is 38.2 Å². The molecule has 1 aromatic carbocycles. The Bertz CT molecular complexity index is 1230. The minimum Gasteiger partial charge on any atom is -0.471 e. The number of nitrogens with zero attached hydrogens (tertiary/aromatic N) is 5. The van der Waals surface area contributed by atoms with Crippen LogP contribution >= 0.6 is 11.8 Å². The van der Waals surface area contributed by atoms with Crippen LogP contribution in [0.1, 0.15) is 24.3 Å². The highest BCUT2D eigenvalue weighted by molar-refractivity contribution is 7.98. The van der Waals surface area contributed by atoms with Gasteiger partial charge in [-0.1, -0.05) is 0 Å². The highest BCUT2D eigenvalue weighted by Crippen LogP contribution is 2.40. The summed E-state index contributed by atoms with van der Waals surface area (Å²) in [5, 5.41) is 2.73. The van der Waals surface area contributed by atoms with Gasteiger partial charge in [0.25, 0.3) is 5.88 Å². The third kappa shape index (κ3) is 4.69. The van der Waals surface area contributed by atoms with Gasteiger partial charge in [-0.25, -0.2) is 19.3 Å². The van der Waals surface area contributed by atoms with Crippen LogP contribution in [0, 0.1) is 23.5 Å². The molecule has 188 valence electrons. The van der Waals surface area contributed by atoms with E-state index >= 15 is 4.39 Å². The summed E-state index contributed by atoms with van der Waals surface area (Å²) < 4.78 is 41.7. The van der Waals surface area contributed by atoms with Crippen molar-refractivity contribution >= 4 is 29.2 Å². The fraction of sp³-hybridized carbons (Fsp3) is 0.440. The lowest BCUT2D eigenvalue weighted by Gasteiger charge is -2.46. The van der Waals surface area contributed by atoms with E-state index < -0.39 is 11.6 Å². The Morgan fingerprint density at radius 1 is 1.06 bits per heavy atom. The van der Waals surface area contributed by atoms with Crippen molar-refractivity contribution < 1.29 is 18.3 Å². The summed E-state index contributed by atoms with van der Waals surface area (Å²) in [5.41, 5.74) is 1.33. The number of piperidine rings is 1. The van der Waals surface area contributed by atoms with Crippen LogP contribution in [0.15, 0.2) is 41.8 Å². The fourth-order valence-corrected chi connectivity index (χ4v) is 5.31. The number of ether oxygens (including phenoxy) is 2.